The van der Waals surface area contributed by atoms with Crippen molar-refractivity contribution in [1.29, 1.82) is 0 Å². The molecule has 4 rings (SSSR count). The summed E-state index contributed by atoms with van der Waals surface area (Å²) in [6.45, 7) is 11.1. The first kappa shape index (κ1) is 24.7. The molecule has 1 aliphatic rings. The Hall–Kier alpha value is -3.46. The van der Waals surface area contributed by atoms with E-state index < -0.39 is 15.9 Å². The van der Waals surface area contributed by atoms with Crippen molar-refractivity contribution in [3.8, 4) is 11.3 Å². The molecule has 0 radical (unpaired) electrons. The number of rotatable bonds is 5. The summed E-state index contributed by atoms with van der Waals surface area (Å²) in [4.78, 5) is 23.9. The highest BCUT2D eigenvalue weighted by molar-refractivity contribution is 7.90. The number of benzene rings is 1. The van der Waals surface area contributed by atoms with Crippen molar-refractivity contribution >= 4 is 27.6 Å². The zero-order valence-corrected chi connectivity index (χ0v) is 21.5. The van der Waals surface area contributed by atoms with Gasteiger partial charge in [-0.2, -0.15) is 0 Å². The third-order valence-corrected chi connectivity index (χ3v) is 7.66. The van der Waals surface area contributed by atoms with E-state index in [1.165, 1.54) is 18.3 Å². The Morgan fingerprint density at radius 1 is 1.14 bits per heavy atom. The van der Waals surface area contributed by atoms with Crippen LogP contribution in [0.5, 0.6) is 0 Å². The minimum absolute atomic E-state index is 0.175. The molecule has 1 aromatic carbocycles. The predicted molar refractivity (Wildman–Crippen MR) is 138 cm³/mol. The maximum atomic E-state index is 13.4. The highest BCUT2D eigenvalue weighted by Crippen LogP contribution is 2.38. The van der Waals surface area contributed by atoms with Crippen LogP contribution in [-0.2, 0) is 10.0 Å². The van der Waals surface area contributed by atoms with Crippen LogP contribution in [0, 0.1) is 19.8 Å². The van der Waals surface area contributed by atoms with Crippen LogP contribution in [0.15, 0.2) is 53.6 Å². The average Bonchev–Trinajstić information content (AvgIpc) is 3.04. The molecule has 1 aliphatic heterocycles. The van der Waals surface area contributed by atoms with Crippen molar-refractivity contribution in [2.24, 2.45) is 5.92 Å². The molecule has 3 aromatic rings. The molecule has 0 bridgehead atoms. The summed E-state index contributed by atoms with van der Waals surface area (Å²) in [6, 6.07) is 12.3. The highest BCUT2D eigenvalue weighted by Gasteiger charge is 2.39. The second-order valence-corrected chi connectivity index (χ2v) is 11.6. The minimum atomic E-state index is -4.22. The van der Waals surface area contributed by atoms with Gasteiger partial charge in [0.2, 0.25) is 0 Å². The lowest BCUT2D eigenvalue weighted by atomic mass is 9.97. The molecule has 1 saturated heterocycles. The monoisotopic (exact) mass is 493 g/mol. The number of carbonyl (C=O) groups excluding carboxylic acids is 1. The first-order chi connectivity index (χ1) is 16.4. The van der Waals surface area contributed by atoms with Gasteiger partial charge in [-0.15, -0.1) is 0 Å². The van der Waals surface area contributed by atoms with E-state index in [0.29, 0.717) is 18.3 Å². The Morgan fingerprint density at radius 2 is 1.83 bits per heavy atom. The van der Waals surface area contributed by atoms with Crippen molar-refractivity contribution in [1.82, 2.24) is 14.7 Å². The van der Waals surface area contributed by atoms with Gasteiger partial charge in [-0.3, -0.25) is 4.79 Å². The summed E-state index contributed by atoms with van der Waals surface area (Å²) in [6.07, 6.45) is 2.31. The SMILES string of the molecule is Cc1cc(C)cc(-c2ccc(C(=O)NS(=O)(=O)c3cccnc3N)c(N3C[C@@H](C)CC3(C)C)n2)c1. The second-order valence-electron chi connectivity index (χ2n) is 10.00. The van der Waals surface area contributed by atoms with E-state index in [0.717, 1.165) is 28.8 Å². The fourth-order valence-electron chi connectivity index (χ4n) is 4.94. The second kappa shape index (κ2) is 8.96. The van der Waals surface area contributed by atoms with Gasteiger partial charge in [0.25, 0.3) is 15.9 Å². The van der Waals surface area contributed by atoms with Crippen LogP contribution in [-0.4, -0.2) is 36.4 Å². The molecule has 2 aromatic heterocycles. The standard InChI is InChI=1S/C26H31N5O3S/c1-16-11-17(2)13-19(12-16)21-9-8-20(24(29-21)31-15-18(3)14-26(31,4)5)25(32)30-35(33,34)22-7-6-10-28-23(22)27/h6-13,18H,14-15H2,1-5H3,(H2,27,28)(H,30,32)/t18-/m0/s1. The number of hydrogen-bond donors (Lipinski definition) is 2. The lowest BCUT2D eigenvalue weighted by molar-refractivity contribution is 0.0981. The average molecular weight is 494 g/mol. The quantitative estimate of drug-likeness (QED) is 0.550. The number of nitrogens with two attached hydrogens (primary N) is 1. The number of hydrogen-bond acceptors (Lipinski definition) is 7. The fourth-order valence-corrected chi connectivity index (χ4v) is 5.99. The number of amides is 1. The van der Waals surface area contributed by atoms with Gasteiger partial charge < -0.3 is 10.6 Å². The number of sulfonamides is 1. The van der Waals surface area contributed by atoms with Crippen molar-refractivity contribution in [2.75, 3.05) is 17.2 Å². The van der Waals surface area contributed by atoms with Gasteiger partial charge in [-0.1, -0.05) is 24.1 Å². The molecular weight excluding hydrogens is 462 g/mol. The van der Waals surface area contributed by atoms with Gasteiger partial charge in [0, 0.05) is 23.8 Å². The Morgan fingerprint density at radius 3 is 2.43 bits per heavy atom. The van der Waals surface area contributed by atoms with Crippen LogP contribution >= 0.6 is 0 Å². The maximum absolute atomic E-state index is 13.4. The van der Waals surface area contributed by atoms with E-state index in [1.54, 1.807) is 12.1 Å². The van der Waals surface area contributed by atoms with E-state index in [1.807, 2.05) is 26.0 Å². The topological polar surface area (TPSA) is 118 Å². The normalized spacial score (nSPS) is 17.4. The number of aryl methyl sites for hydroxylation is 2. The Balaban J connectivity index is 1.80. The number of carbonyl (C=O) groups is 1. The minimum Gasteiger partial charge on any atom is -0.383 e. The predicted octanol–water partition coefficient (Wildman–Crippen LogP) is 4.09. The molecule has 0 spiro atoms. The van der Waals surface area contributed by atoms with Gasteiger partial charge in [-0.05, 0) is 76.4 Å². The lowest BCUT2D eigenvalue weighted by Gasteiger charge is -2.34. The van der Waals surface area contributed by atoms with Crippen LogP contribution in [0.3, 0.4) is 0 Å². The largest absolute Gasteiger partial charge is 0.383 e. The van der Waals surface area contributed by atoms with E-state index in [4.69, 9.17) is 10.7 Å². The molecule has 0 saturated carbocycles. The molecule has 184 valence electrons. The van der Waals surface area contributed by atoms with Gasteiger partial charge >= 0.3 is 0 Å². The molecule has 3 heterocycles. The van der Waals surface area contributed by atoms with Crippen LogP contribution in [0.25, 0.3) is 11.3 Å². The number of aromatic nitrogens is 2. The molecule has 8 nitrogen and oxygen atoms in total. The summed E-state index contributed by atoms with van der Waals surface area (Å²) >= 11 is 0. The van der Waals surface area contributed by atoms with Crippen molar-refractivity contribution in [3.63, 3.8) is 0 Å². The van der Waals surface area contributed by atoms with Crippen molar-refractivity contribution in [2.45, 2.75) is 51.5 Å². The first-order valence-electron chi connectivity index (χ1n) is 11.5. The summed E-state index contributed by atoms with van der Waals surface area (Å²) in [5, 5.41) is 0. The molecule has 9 heteroatoms. The van der Waals surface area contributed by atoms with Crippen molar-refractivity contribution in [3.05, 3.63) is 65.4 Å². The first-order valence-corrected chi connectivity index (χ1v) is 13.0. The number of nitrogen functional groups attached to an aromatic ring is 1. The van der Waals surface area contributed by atoms with E-state index in [9.17, 15) is 13.2 Å². The van der Waals surface area contributed by atoms with Crippen LogP contribution in [0.1, 0.15) is 48.7 Å². The molecular formula is C26H31N5O3S. The lowest BCUT2D eigenvalue weighted by Crippen LogP contribution is -2.41. The third-order valence-electron chi connectivity index (χ3n) is 6.28. The van der Waals surface area contributed by atoms with Crippen LogP contribution in [0.2, 0.25) is 0 Å². The van der Waals surface area contributed by atoms with Gasteiger partial charge in [0.15, 0.2) is 0 Å². The van der Waals surface area contributed by atoms with Gasteiger partial charge in [0.05, 0.1) is 11.3 Å². The molecule has 0 aliphatic carbocycles. The number of pyridine rings is 2. The number of nitrogens with zero attached hydrogens (tertiary/aromatic N) is 3. The smallest absolute Gasteiger partial charge is 0.268 e. The Bertz CT molecular complexity index is 1380. The molecule has 1 fully saturated rings. The van der Waals surface area contributed by atoms with Crippen molar-refractivity contribution < 1.29 is 13.2 Å². The molecule has 1 atom stereocenters. The molecule has 1 amide bonds. The number of anilines is 2. The van der Waals surface area contributed by atoms with Crippen LogP contribution in [0.4, 0.5) is 11.6 Å². The zero-order chi connectivity index (χ0) is 25.5. The summed E-state index contributed by atoms with van der Waals surface area (Å²) in [7, 11) is -4.22. The van der Waals surface area contributed by atoms with E-state index in [2.05, 4.69) is 41.4 Å². The highest BCUT2D eigenvalue weighted by atomic mass is 32.2. The Kier molecular flexibility index (Phi) is 6.31. The number of nitrogens with one attached hydrogen (secondary N) is 1. The van der Waals surface area contributed by atoms with Gasteiger partial charge in [0.1, 0.15) is 16.5 Å². The van der Waals surface area contributed by atoms with E-state index >= 15 is 0 Å². The molecule has 35 heavy (non-hydrogen) atoms. The summed E-state index contributed by atoms with van der Waals surface area (Å²) in [5.41, 5.74) is 9.56. The summed E-state index contributed by atoms with van der Waals surface area (Å²) in [5.74, 6) is -0.0849. The van der Waals surface area contributed by atoms with E-state index in [-0.39, 0.29) is 21.8 Å². The summed E-state index contributed by atoms with van der Waals surface area (Å²) < 4.78 is 28.0. The molecule has 0 unspecified atom stereocenters. The Labute approximate surface area is 206 Å². The third kappa shape index (κ3) is 5.00. The molecule has 3 N–H and O–H groups in total. The fraction of sp³-hybridized carbons (Fsp3) is 0.346. The maximum Gasteiger partial charge on any atom is 0.268 e. The van der Waals surface area contributed by atoms with Crippen LogP contribution < -0.4 is 15.4 Å². The van der Waals surface area contributed by atoms with Gasteiger partial charge in [-0.25, -0.2) is 23.1 Å². The zero-order valence-electron chi connectivity index (χ0n) is 20.7.